The first-order valence-electron chi connectivity index (χ1n) is 8.77. The second-order valence-corrected chi connectivity index (χ2v) is 10.1. The van der Waals surface area contributed by atoms with Crippen LogP contribution in [0.2, 0.25) is 0 Å². The molecule has 1 aromatic heterocycles. The molecule has 1 aliphatic heterocycles. The van der Waals surface area contributed by atoms with Crippen LogP contribution in [0.4, 0.5) is 0 Å². The van der Waals surface area contributed by atoms with Gasteiger partial charge < -0.3 is 14.7 Å². The zero-order valence-corrected chi connectivity index (χ0v) is 16.9. The van der Waals surface area contributed by atoms with E-state index in [0.29, 0.717) is 19.6 Å². The van der Waals surface area contributed by atoms with Crippen molar-refractivity contribution in [3.63, 3.8) is 0 Å². The number of sulfone groups is 1. The van der Waals surface area contributed by atoms with E-state index < -0.39 is 14.6 Å². The summed E-state index contributed by atoms with van der Waals surface area (Å²) in [5, 5.41) is 7.30. The molecular weight excluding hydrogens is 340 g/mol. The number of hydrogen-bond acceptors (Lipinski definition) is 5. The van der Waals surface area contributed by atoms with E-state index in [1.807, 2.05) is 25.7 Å². The Morgan fingerprint density at radius 3 is 2.64 bits per heavy atom. The Kier molecular flexibility index (Phi) is 5.81. The predicted molar refractivity (Wildman–Crippen MR) is 99.8 cm³/mol. The Bertz CT molecular complexity index is 718. The van der Waals surface area contributed by atoms with Gasteiger partial charge in [0.05, 0.1) is 16.2 Å². The molecule has 2 rings (SSSR count). The molecule has 1 aliphatic rings. The number of nitrogens with one attached hydrogen (secondary N) is 1. The van der Waals surface area contributed by atoms with E-state index in [1.165, 1.54) is 0 Å². The third-order valence-corrected chi connectivity index (χ3v) is 7.31. The first-order valence-corrected chi connectivity index (χ1v) is 10.4. The molecule has 0 bridgehead atoms. The van der Waals surface area contributed by atoms with E-state index in [-0.39, 0.29) is 11.7 Å². The number of aromatic nitrogens is 1. The van der Waals surface area contributed by atoms with Crippen molar-refractivity contribution in [2.75, 3.05) is 31.9 Å². The molecule has 0 radical (unpaired) electrons. The van der Waals surface area contributed by atoms with E-state index in [2.05, 4.69) is 17.4 Å². The maximum absolute atomic E-state index is 12.2. The Morgan fingerprint density at radius 1 is 1.44 bits per heavy atom. The van der Waals surface area contributed by atoms with Crippen LogP contribution in [0.1, 0.15) is 50.6 Å². The van der Waals surface area contributed by atoms with Crippen molar-refractivity contribution in [2.45, 2.75) is 52.2 Å². The van der Waals surface area contributed by atoms with Crippen molar-refractivity contribution < 1.29 is 12.9 Å². The fourth-order valence-corrected chi connectivity index (χ4v) is 4.62. The molecule has 0 saturated carbocycles. The Morgan fingerprint density at radius 2 is 2.12 bits per heavy atom. The molecule has 7 nitrogen and oxygen atoms in total. The summed E-state index contributed by atoms with van der Waals surface area (Å²) >= 11 is 0. The molecule has 1 aromatic rings. The van der Waals surface area contributed by atoms with Gasteiger partial charge >= 0.3 is 0 Å². The van der Waals surface area contributed by atoms with Crippen LogP contribution in [0, 0.1) is 13.8 Å². The second-order valence-electron chi connectivity index (χ2n) is 7.33. The fourth-order valence-electron chi connectivity index (χ4n) is 3.26. The summed E-state index contributed by atoms with van der Waals surface area (Å²) in [4.78, 5) is 6.80. The van der Waals surface area contributed by atoms with Gasteiger partial charge in [0.15, 0.2) is 15.8 Å². The minimum absolute atomic E-state index is 0.157. The first kappa shape index (κ1) is 19.8. The van der Waals surface area contributed by atoms with E-state index in [9.17, 15) is 8.42 Å². The molecule has 142 valence electrons. The highest BCUT2D eigenvalue weighted by atomic mass is 32.2. The van der Waals surface area contributed by atoms with Crippen LogP contribution in [0.25, 0.3) is 0 Å². The average molecular weight is 371 g/mol. The average Bonchev–Trinajstić information content (AvgIpc) is 2.85. The van der Waals surface area contributed by atoms with Gasteiger partial charge in [0.25, 0.3) is 0 Å². The van der Waals surface area contributed by atoms with Gasteiger partial charge in [-0.1, -0.05) is 12.1 Å². The SMILES string of the molecule is CCNC(=NCC(C)c1c(C)noc1C)N1CCS(=O)(=O)C(C)(C)C1. The topological polar surface area (TPSA) is 87.8 Å². The molecule has 8 heteroatoms. The summed E-state index contributed by atoms with van der Waals surface area (Å²) in [6.07, 6.45) is 0. The summed E-state index contributed by atoms with van der Waals surface area (Å²) in [6.45, 7) is 13.8. The van der Waals surface area contributed by atoms with Crippen LogP contribution >= 0.6 is 0 Å². The third-order valence-electron chi connectivity index (χ3n) is 4.77. The summed E-state index contributed by atoms with van der Waals surface area (Å²) in [5.41, 5.74) is 2.00. The highest BCUT2D eigenvalue weighted by molar-refractivity contribution is 7.92. The molecule has 0 spiro atoms. The number of aliphatic imine (C=N–C) groups is 1. The van der Waals surface area contributed by atoms with Gasteiger partial charge in [-0.05, 0) is 34.6 Å². The number of hydrogen-bond donors (Lipinski definition) is 1. The van der Waals surface area contributed by atoms with Crippen molar-refractivity contribution in [3.05, 3.63) is 17.0 Å². The molecule has 1 fully saturated rings. The fraction of sp³-hybridized carbons (Fsp3) is 0.765. The molecule has 1 saturated heterocycles. The Balaban J connectivity index is 2.16. The van der Waals surface area contributed by atoms with Gasteiger partial charge in [0, 0.05) is 37.7 Å². The first-order chi connectivity index (χ1) is 11.6. The predicted octanol–water partition coefficient (Wildman–Crippen LogP) is 1.87. The van der Waals surface area contributed by atoms with Crippen molar-refractivity contribution in [2.24, 2.45) is 4.99 Å². The number of guanidine groups is 1. The monoisotopic (exact) mass is 370 g/mol. The highest BCUT2D eigenvalue weighted by Crippen LogP contribution is 2.25. The normalized spacial score (nSPS) is 21.2. The number of rotatable bonds is 4. The summed E-state index contributed by atoms with van der Waals surface area (Å²) in [7, 11) is -3.07. The number of nitrogens with zero attached hydrogens (tertiary/aromatic N) is 3. The van der Waals surface area contributed by atoms with Crippen LogP contribution in [0.3, 0.4) is 0 Å². The molecule has 2 heterocycles. The van der Waals surface area contributed by atoms with Crippen LogP contribution in [0.5, 0.6) is 0 Å². The minimum atomic E-state index is -3.07. The largest absolute Gasteiger partial charge is 0.361 e. The van der Waals surface area contributed by atoms with E-state index in [4.69, 9.17) is 9.52 Å². The molecule has 25 heavy (non-hydrogen) atoms. The maximum atomic E-state index is 12.2. The summed E-state index contributed by atoms with van der Waals surface area (Å²) in [6, 6.07) is 0. The standard InChI is InChI=1S/C17H30N4O3S/c1-7-18-16(21-8-9-25(22,23)17(5,6)11-21)19-10-12(2)15-13(3)20-24-14(15)4/h12H,7-11H2,1-6H3,(H,18,19). The lowest BCUT2D eigenvalue weighted by molar-refractivity contribution is 0.353. The van der Waals surface area contributed by atoms with Crippen molar-refractivity contribution in [3.8, 4) is 0 Å². The third kappa shape index (κ3) is 4.16. The maximum Gasteiger partial charge on any atom is 0.194 e. The zero-order valence-electron chi connectivity index (χ0n) is 16.1. The van der Waals surface area contributed by atoms with Crippen LogP contribution in [0.15, 0.2) is 9.52 Å². The lowest BCUT2D eigenvalue weighted by Crippen LogP contribution is -2.57. The molecule has 1 atom stereocenters. The van der Waals surface area contributed by atoms with Gasteiger partial charge in [-0.2, -0.15) is 0 Å². The quantitative estimate of drug-likeness (QED) is 0.643. The molecule has 1 N–H and O–H groups in total. The zero-order chi connectivity index (χ0) is 18.8. The van der Waals surface area contributed by atoms with E-state index in [0.717, 1.165) is 29.5 Å². The molecule has 0 aliphatic carbocycles. The number of aryl methyl sites for hydroxylation is 2. The van der Waals surface area contributed by atoms with Gasteiger partial charge in [-0.25, -0.2) is 8.42 Å². The van der Waals surface area contributed by atoms with E-state index in [1.54, 1.807) is 13.8 Å². The lowest BCUT2D eigenvalue weighted by Gasteiger charge is -2.39. The van der Waals surface area contributed by atoms with Crippen LogP contribution in [-0.2, 0) is 9.84 Å². The highest BCUT2D eigenvalue weighted by Gasteiger charge is 2.41. The molecule has 0 amide bonds. The summed E-state index contributed by atoms with van der Waals surface area (Å²) < 4.78 is 28.9. The molecular formula is C17H30N4O3S. The summed E-state index contributed by atoms with van der Waals surface area (Å²) in [5.74, 6) is 1.94. The van der Waals surface area contributed by atoms with Gasteiger partial charge in [0.1, 0.15) is 5.76 Å². The smallest absolute Gasteiger partial charge is 0.194 e. The lowest BCUT2D eigenvalue weighted by atomic mass is 10.00. The van der Waals surface area contributed by atoms with Gasteiger partial charge in [-0.15, -0.1) is 0 Å². The Hall–Kier alpha value is -1.57. The van der Waals surface area contributed by atoms with Crippen molar-refractivity contribution in [1.82, 2.24) is 15.4 Å². The van der Waals surface area contributed by atoms with Crippen LogP contribution in [-0.4, -0.2) is 61.1 Å². The Labute approximate surface area is 150 Å². The van der Waals surface area contributed by atoms with Crippen LogP contribution < -0.4 is 5.32 Å². The minimum Gasteiger partial charge on any atom is -0.361 e. The van der Waals surface area contributed by atoms with Gasteiger partial charge in [0.2, 0.25) is 0 Å². The van der Waals surface area contributed by atoms with Crippen molar-refractivity contribution in [1.29, 1.82) is 0 Å². The van der Waals surface area contributed by atoms with Gasteiger partial charge in [-0.3, -0.25) is 4.99 Å². The second kappa shape index (κ2) is 7.35. The molecule has 1 unspecified atom stereocenters. The van der Waals surface area contributed by atoms with Crippen molar-refractivity contribution >= 4 is 15.8 Å². The van der Waals surface area contributed by atoms with E-state index >= 15 is 0 Å². The molecule has 0 aromatic carbocycles.